The summed E-state index contributed by atoms with van der Waals surface area (Å²) in [5.74, 6) is 1.59. The summed E-state index contributed by atoms with van der Waals surface area (Å²) in [7, 11) is 4.12. The standard InChI is InChI=1S/C35H35N5OS/c1-23-9-17-29(18-10-23)41-30-19-15-28(16-20-30)40-34(33(37-35(40)42)32-8-6-7-21-36-32)31-22-24(2)39(25(31)3)27-13-11-26(12-14-27)38(4)5/h6-22,33-34H,1-5H3,(H,37,42)/t33-,34+/m1/s1. The van der Waals surface area contributed by atoms with Crippen LogP contribution in [0.1, 0.15) is 40.3 Å². The summed E-state index contributed by atoms with van der Waals surface area (Å²) < 4.78 is 8.43. The Morgan fingerprint density at radius 2 is 1.45 bits per heavy atom. The van der Waals surface area contributed by atoms with E-state index in [0.29, 0.717) is 5.11 Å². The predicted molar refractivity (Wildman–Crippen MR) is 175 cm³/mol. The van der Waals surface area contributed by atoms with Crippen LogP contribution in [0, 0.1) is 20.8 Å². The summed E-state index contributed by atoms with van der Waals surface area (Å²) in [5, 5.41) is 4.26. The number of anilines is 2. The van der Waals surface area contributed by atoms with Gasteiger partial charge in [0.1, 0.15) is 11.5 Å². The fourth-order valence-corrected chi connectivity index (χ4v) is 6.10. The van der Waals surface area contributed by atoms with Crippen LogP contribution in [-0.2, 0) is 0 Å². The number of thiocarbonyl (C=S) groups is 1. The summed E-state index contributed by atoms with van der Waals surface area (Å²) in [6, 6.07) is 33.0. The highest BCUT2D eigenvalue weighted by Crippen LogP contribution is 2.44. The summed E-state index contributed by atoms with van der Waals surface area (Å²) in [6.45, 7) is 6.42. The molecule has 0 aliphatic carbocycles. The van der Waals surface area contributed by atoms with E-state index in [9.17, 15) is 0 Å². The second kappa shape index (κ2) is 11.3. The molecule has 2 atom stereocenters. The van der Waals surface area contributed by atoms with Crippen LogP contribution in [0.4, 0.5) is 11.4 Å². The molecule has 0 spiro atoms. The lowest BCUT2D eigenvalue weighted by Crippen LogP contribution is -2.29. The van der Waals surface area contributed by atoms with Gasteiger partial charge < -0.3 is 24.4 Å². The Hall–Kier alpha value is -4.62. The third-order valence-electron chi connectivity index (χ3n) is 7.88. The maximum atomic E-state index is 6.11. The van der Waals surface area contributed by atoms with Crippen molar-refractivity contribution in [1.29, 1.82) is 0 Å². The molecule has 1 aliphatic heterocycles. The van der Waals surface area contributed by atoms with E-state index in [2.05, 4.69) is 103 Å². The van der Waals surface area contributed by atoms with E-state index in [4.69, 9.17) is 21.9 Å². The van der Waals surface area contributed by atoms with Crippen LogP contribution in [0.2, 0.25) is 0 Å². The molecule has 0 amide bonds. The van der Waals surface area contributed by atoms with E-state index in [1.165, 1.54) is 28.2 Å². The van der Waals surface area contributed by atoms with Crippen molar-refractivity contribution in [2.75, 3.05) is 23.9 Å². The van der Waals surface area contributed by atoms with Gasteiger partial charge in [-0.3, -0.25) is 4.98 Å². The van der Waals surface area contributed by atoms with E-state index in [-0.39, 0.29) is 12.1 Å². The Balaban J connectivity index is 1.39. The van der Waals surface area contributed by atoms with E-state index in [1.54, 1.807) is 0 Å². The Morgan fingerprint density at radius 3 is 2.07 bits per heavy atom. The third kappa shape index (κ3) is 5.23. The molecule has 1 saturated heterocycles. The largest absolute Gasteiger partial charge is 0.457 e. The van der Waals surface area contributed by atoms with Crippen molar-refractivity contribution in [3.05, 3.63) is 131 Å². The number of nitrogens with zero attached hydrogens (tertiary/aromatic N) is 4. The first-order chi connectivity index (χ1) is 20.3. The van der Waals surface area contributed by atoms with Gasteiger partial charge in [0.05, 0.1) is 17.8 Å². The molecule has 0 bridgehead atoms. The maximum Gasteiger partial charge on any atom is 0.174 e. The highest BCUT2D eigenvalue weighted by molar-refractivity contribution is 7.80. The van der Waals surface area contributed by atoms with Crippen molar-refractivity contribution < 1.29 is 4.74 Å². The minimum Gasteiger partial charge on any atom is -0.457 e. The highest BCUT2D eigenvalue weighted by Gasteiger charge is 2.42. The molecule has 6 nitrogen and oxygen atoms in total. The lowest BCUT2D eigenvalue weighted by molar-refractivity contribution is 0.482. The Labute approximate surface area is 253 Å². The van der Waals surface area contributed by atoms with Crippen molar-refractivity contribution in [3.63, 3.8) is 0 Å². The number of nitrogens with one attached hydrogen (secondary N) is 1. The zero-order valence-electron chi connectivity index (χ0n) is 24.6. The average molecular weight is 574 g/mol. The van der Waals surface area contributed by atoms with E-state index < -0.39 is 0 Å². The smallest absolute Gasteiger partial charge is 0.174 e. The first-order valence-electron chi connectivity index (χ1n) is 14.1. The number of aryl methyl sites for hydroxylation is 2. The molecule has 0 unspecified atom stereocenters. The van der Waals surface area contributed by atoms with Crippen molar-refractivity contribution in [2.45, 2.75) is 32.9 Å². The number of pyridine rings is 1. The van der Waals surface area contributed by atoms with Gasteiger partial charge in [-0.2, -0.15) is 0 Å². The number of hydrogen-bond acceptors (Lipinski definition) is 4. The highest BCUT2D eigenvalue weighted by atomic mass is 32.1. The fourth-order valence-electron chi connectivity index (χ4n) is 5.75. The second-order valence-corrected chi connectivity index (χ2v) is 11.4. The summed E-state index contributed by atoms with van der Waals surface area (Å²) in [4.78, 5) is 9.06. The summed E-state index contributed by atoms with van der Waals surface area (Å²) in [6.07, 6.45) is 1.84. The quantitative estimate of drug-likeness (QED) is 0.200. The number of ether oxygens (including phenoxy) is 1. The molecule has 3 aromatic carbocycles. The minimum absolute atomic E-state index is 0.0998. The zero-order chi connectivity index (χ0) is 29.4. The van der Waals surface area contributed by atoms with E-state index in [1.807, 2.05) is 54.7 Å². The molecule has 3 heterocycles. The van der Waals surface area contributed by atoms with Crippen LogP contribution < -0.4 is 19.9 Å². The normalized spacial score (nSPS) is 16.4. The molecular formula is C35H35N5OS. The third-order valence-corrected chi connectivity index (χ3v) is 8.20. The van der Waals surface area contributed by atoms with Crippen molar-refractivity contribution in [1.82, 2.24) is 14.9 Å². The lowest BCUT2D eigenvalue weighted by atomic mass is 9.96. The molecule has 7 heteroatoms. The summed E-state index contributed by atoms with van der Waals surface area (Å²) in [5.41, 5.74) is 8.99. The zero-order valence-corrected chi connectivity index (χ0v) is 25.4. The average Bonchev–Trinajstić information content (AvgIpc) is 3.49. The fraction of sp³-hybridized carbons (Fsp3) is 0.200. The van der Waals surface area contributed by atoms with Crippen LogP contribution in [0.3, 0.4) is 0 Å². The van der Waals surface area contributed by atoms with Gasteiger partial charge in [-0.05, 0) is 117 Å². The molecule has 5 aromatic rings. The minimum atomic E-state index is -0.118. The van der Waals surface area contributed by atoms with Crippen LogP contribution >= 0.6 is 12.2 Å². The number of benzene rings is 3. The SMILES string of the molecule is Cc1ccc(Oc2ccc(N3C(=S)N[C@H](c4ccccn4)[C@@H]3c3cc(C)n(-c4ccc(N(C)C)cc4)c3C)cc2)cc1. The van der Waals surface area contributed by atoms with Crippen LogP contribution in [-0.4, -0.2) is 28.8 Å². The van der Waals surface area contributed by atoms with Crippen molar-refractivity contribution in [2.24, 2.45) is 0 Å². The molecule has 0 radical (unpaired) electrons. The Morgan fingerprint density at radius 1 is 0.810 bits per heavy atom. The molecule has 42 heavy (non-hydrogen) atoms. The van der Waals surface area contributed by atoms with E-state index in [0.717, 1.165) is 28.6 Å². The predicted octanol–water partition coefficient (Wildman–Crippen LogP) is 7.83. The molecule has 6 rings (SSSR count). The van der Waals surface area contributed by atoms with Crippen LogP contribution in [0.15, 0.2) is 103 Å². The topological polar surface area (TPSA) is 45.6 Å². The summed E-state index contributed by atoms with van der Waals surface area (Å²) >= 11 is 5.99. The van der Waals surface area contributed by atoms with Crippen molar-refractivity contribution >= 4 is 28.7 Å². The van der Waals surface area contributed by atoms with Crippen molar-refractivity contribution in [3.8, 4) is 17.2 Å². The van der Waals surface area contributed by atoms with Gasteiger partial charge in [-0.25, -0.2) is 0 Å². The number of rotatable bonds is 7. The number of hydrogen-bond donors (Lipinski definition) is 1. The monoisotopic (exact) mass is 573 g/mol. The molecule has 2 aromatic heterocycles. The van der Waals surface area contributed by atoms with Gasteiger partial charge in [0, 0.05) is 48.7 Å². The number of aromatic nitrogens is 2. The molecule has 1 aliphatic rings. The Kier molecular flexibility index (Phi) is 7.43. The van der Waals surface area contributed by atoms with Crippen LogP contribution in [0.25, 0.3) is 5.69 Å². The van der Waals surface area contributed by atoms with E-state index >= 15 is 0 Å². The lowest BCUT2D eigenvalue weighted by Gasteiger charge is -2.28. The molecule has 1 fully saturated rings. The Bertz CT molecular complexity index is 1690. The molecule has 1 N–H and O–H groups in total. The van der Waals surface area contributed by atoms with Gasteiger partial charge in [0.25, 0.3) is 0 Å². The molecule has 212 valence electrons. The van der Waals surface area contributed by atoms with Gasteiger partial charge in [0.15, 0.2) is 5.11 Å². The van der Waals surface area contributed by atoms with Gasteiger partial charge >= 0.3 is 0 Å². The van der Waals surface area contributed by atoms with Crippen LogP contribution in [0.5, 0.6) is 11.5 Å². The van der Waals surface area contributed by atoms with Gasteiger partial charge in [-0.15, -0.1) is 0 Å². The first-order valence-corrected chi connectivity index (χ1v) is 14.5. The molecular weight excluding hydrogens is 538 g/mol. The first kappa shape index (κ1) is 27.5. The second-order valence-electron chi connectivity index (χ2n) is 11.0. The van der Waals surface area contributed by atoms with Gasteiger partial charge in [0.2, 0.25) is 0 Å². The molecule has 0 saturated carbocycles. The maximum absolute atomic E-state index is 6.11. The van der Waals surface area contributed by atoms with Gasteiger partial charge in [-0.1, -0.05) is 23.8 Å².